The van der Waals surface area contributed by atoms with Crippen LogP contribution in [-0.4, -0.2) is 25.5 Å². The van der Waals surface area contributed by atoms with Crippen LogP contribution in [0.25, 0.3) is 0 Å². The Hall–Kier alpha value is -2.66. The van der Waals surface area contributed by atoms with Crippen LogP contribution < -0.4 is 4.74 Å². The van der Waals surface area contributed by atoms with Crippen LogP contribution in [0, 0.1) is 0 Å². The summed E-state index contributed by atoms with van der Waals surface area (Å²) in [5, 5.41) is 0. The molecule has 0 fully saturated rings. The molecular weight excluding hydrogens is 320 g/mol. The van der Waals surface area contributed by atoms with Gasteiger partial charge in [-0.3, -0.25) is 9.59 Å². The molecule has 0 aliphatic rings. The van der Waals surface area contributed by atoms with E-state index in [2.05, 4.69) is 0 Å². The monoisotopic (exact) mass is 342 g/mol. The van der Waals surface area contributed by atoms with E-state index in [1.807, 2.05) is 30.3 Å². The summed E-state index contributed by atoms with van der Waals surface area (Å²) in [6.07, 6.45) is -0.646. The Balaban J connectivity index is 2.32. The molecule has 0 N–H and O–H groups in total. The van der Waals surface area contributed by atoms with Crippen molar-refractivity contribution in [1.82, 2.24) is 0 Å². The highest BCUT2D eigenvalue weighted by Crippen LogP contribution is 2.30. The molecule has 0 aliphatic heterocycles. The molecule has 0 unspecified atom stereocenters. The van der Waals surface area contributed by atoms with E-state index in [1.54, 1.807) is 18.2 Å². The zero-order chi connectivity index (χ0) is 18.2. The second-order valence-corrected chi connectivity index (χ2v) is 5.64. The van der Waals surface area contributed by atoms with Crippen LogP contribution in [-0.2, 0) is 20.9 Å². The largest absolute Gasteiger partial charge is 0.488 e. The van der Waals surface area contributed by atoms with E-state index < -0.39 is 12.1 Å². The first-order chi connectivity index (χ1) is 12.0. The van der Waals surface area contributed by atoms with E-state index in [9.17, 15) is 9.59 Å². The molecule has 0 saturated heterocycles. The number of methoxy groups -OCH3 is 1. The molecule has 0 spiro atoms. The minimum absolute atomic E-state index is 0.0742. The summed E-state index contributed by atoms with van der Waals surface area (Å²) in [7, 11) is 1.52. The van der Waals surface area contributed by atoms with Crippen molar-refractivity contribution in [1.29, 1.82) is 0 Å². The van der Waals surface area contributed by atoms with E-state index >= 15 is 0 Å². The fourth-order valence-corrected chi connectivity index (χ4v) is 2.42. The lowest BCUT2D eigenvalue weighted by Gasteiger charge is -2.20. The highest BCUT2D eigenvalue weighted by molar-refractivity contribution is 5.94. The normalized spacial score (nSPS) is 11.6. The minimum atomic E-state index is -0.646. The summed E-state index contributed by atoms with van der Waals surface area (Å²) >= 11 is 0. The Morgan fingerprint density at radius 1 is 1.04 bits per heavy atom. The number of Topliss-reactive ketones (excluding diaryl/α,β-unsaturated/α-hetero) is 1. The van der Waals surface area contributed by atoms with Crippen molar-refractivity contribution in [3.05, 3.63) is 65.2 Å². The number of esters is 1. The standard InChI is InChI=1S/C20H22O5/c1-14(21)17-9-10-19(24-12-16-7-5-4-6-8-16)18(11-17)20(13-23-3)25-15(2)22/h4-11,20H,12-13H2,1-3H3/t20-/m1/s1. The van der Waals surface area contributed by atoms with Gasteiger partial charge in [0.25, 0.3) is 0 Å². The maximum Gasteiger partial charge on any atom is 0.303 e. The highest BCUT2D eigenvalue weighted by atomic mass is 16.6. The second-order valence-electron chi connectivity index (χ2n) is 5.64. The third kappa shape index (κ3) is 5.43. The van der Waals surface area contributed by atoms with Gasteiger partial charge >= 0.3 is 5.97 Å². The number of rotatable bonds is 8. The predicted molar refractivity (Wildman–Crippen MR) is 93.6 cm³/mol. The molecular formula is C20H22O5. The fraction of sp³-hybridized carbons (Fsp3) is 0.300. The third-order valence-corrected chi connectivity index (χ3v) is 3.63. The Morgan fingerprint density at radius 2 is 1.76 bits per heavy atom. The number of ether oxygens (including phenoxy) is 3. The van der Waals surface area contributed by atoms with Gasteiger partial charge in [0.2, 0.25) is 0 Å². The number of benzene rings is 2. The molecule has 0 radical (unpaired) electrons. The molecule has 5 nitrogen and oxygen atoms in total. The van der Waals surface area contributed by atoms with Gasteiger partial charge in [-0.15, -0.1) is 0 Å². The molecule has 5 heteroatoms. The topological polar surface area (TPSA) is 61.8 Å². The summed E-state index contributed by atoms with van der Waals surface area (Å²) in [5.74, 6) is 0.0521. The Bertz CT molecular complexity index is 724. The zero-order valence-corrected chi connectivity index (χ0v) is 14.7. The van der Waals surface area contributed by atoms with E-state index in [0.29, 0.717) is 23.5 Å². The van der Waals surface area contributed by atoms with Gasteiger partial charge in [-0.1, -0.05) is 30.3 Å². The van der Waals surface area contributed by atoms with E-state index in [1.165, 1.54) is 21.0 Å². The molecule has 2 aromatic rings. The van der Waals surface area contributed by atoms with E-state index in [4.69, 9.17) is 14.2 Å². The maximum atomic E-state index is 11.7. The van der Waals surface area contributed by atoms with Crippen molar-refractivity contribution in [2.24, 2.45) is 0 Å². The quantitative estimate of drug-likeness (QED) is 0.540. The smallest absolute Gasteiger partial charge is 0.303 e. The fourth-order valence-electron chi connectivity index (χ4n) is 2.42. The second kappa shape index (κ2) is 8.99. The minimum Gasteiger partial charge on any atom is -0.488 e. The van der Waals surface area contributed by atoms with E-state index in [-0.39, 0.29) is 12.4 Å². The van der Waals surface area contributed by atoms with Gasteiger partial charge in [-0.05, 0) is 30.7 Å². The van der Waals surface area contributed by atoms with Gasteiger partial charge < -0.3 is 14.2 Å². The van der Waals surface area contributed by atoms with Crippen LogP contribution >= 0.6 is 0 Å². The average Bonchev–Trinajstić information content (AvgIpc) is 2.60. The molecule has 132 valence electrons. The Kier molecular flexibility index (Phi) is 6.71. The zero-order valence-electron chi connectivity index (χ0n) is 14.7. The molecule has 25 heavy (non-hydrogen) atoms. The number of carbonyl (C=O) groups is 2. The van der Waals surface area contributed by atoms with Crippen molar-refractivity contribution in [3.8, 4) is 5.75 Å². The number of hydrogen-bond acceptors (Lipinski definition) is 5. The highest BCUT2D eigenvalue weighted by Gasteiger charge is 2.21. The summed E-state index contributed by atoms with van der Waals surface area (Å²) in [6, 6.07) is 14.8. The van der Waals surface area contributed by atoms with Crippen LogP contribution in [0.5, 0.6) is 5.75 Å². The summed E-state index contributed by atoms with van der Waals surface area (Å²) < 4.78 is 16.4. The first kappa shape index (κ1) is 18.7. The molecule has 0 heterocycles. The molecule has 0 amide bonds. The lowest BCUT2D eigenvalue weighted by molar-refractivity contribution is -0.149. The number of hydrogen-bond donors (Lipinski definition) is 0. The van der Waals surface area contributed by atoms with Gasteiger partial charge in [-0.25, -0.2) is 0 Å². The summed E-state index contributed by atoms with van der Waals surface area (Å²) in [6.45, 7) is 3.36. The van der Waals surface area contributed by atoms with Crippen molar-refractivity contribution < 1.29 is 23.8 Å². The van der Waals surface area contributed by atoms with Gasteiger partial charge in [0.05, 0.1) is 6.61 Å². The Morgan fingerprint density at radius 3 is 2.36 bits per heavy atom. The molecule has 0 aliphatic carbocycles. The summed E-state index contributed by atoms with van der Waals surface area (Å²) in [5.41, 5.74) is 2.15. The molecule has 0 aromatic heterocycles. The third-order valence-electron chi connectivity index (χ3n) is 3.63. The van der Waals surface area contributed by atoms with Crippen LogP contribution in [0.3, 0.4) is 0 Å². The summed E-state index contributed by atoms with van der Waals surface area (Å²) in [4.78, 5) is 23.1. The maximum absolute atomic E-state index is 11.7. The SMILES string of the molecule is COC[C@@H](OC(C)=O)c1cc(C(C)=O)ccc1OCc1ccccc1. The molecule has 2 rings (SSSR count). The molecule has 1 atom stereocenters. The van der Waals surface area contributed by atoms with Gasteiger partial charge in [-0.2, -0.15) is 0 Å². The first-order valence-electron chi connectivity index (χ1n) is 7.99. The van der Waals surface area contributed by atoms with Crippen molar-refractivity contribution in [2.45, 2.75) is 26.6 Å². The first-order valence-corrected chi connectivity index (χ1v) is 7.99. The van der Waals surface area contributed by atoms with Gasteiger partial charge in [0.15, 0.2) is 11.9 Å². The van der Waals surface area contributed by atoms with Gasteiger partial charge in [0, 0.05) is 25.2 Å². The van der Waals surface area contributed by atoms with Gasteiger partial charge in [0.1, 0.15) is 12.4 Å². The van der Waals surface area contributed by atoms with Crippen molar-refractivity contribution in [3.63, 3.8) is 0 Å². The Labute approximate surface area is 147 Å². The van der Waals surface area contributed by atoms with Crippen molar-refractivity contribution >= 4 is 11.8 Å². The van der Waals surface area contributed by atoms with Crippen LogP contribution in [0.15, 0.2) is 48.5 Å². The van der Waals surface area contributed by atoms with Crippen LogP contribution in [0.2, 0.25) is 0 Å². The average molecular weight is 342 g/mol. The van der Waals surface area contributed by atoms with E-state index in [0.717, 1.165) is 5.56 Å². The molecule has 0 saturated carbocycles. The molecule has 2 aromatic carbocycles. The lowest BCUT2D eigenvalue weighted by atomic mass is 10.0. The number of carbonyl (C=O) groups excluding carboxylic acids is 2. The lowest BCUT2D eigenvalue weighted by Crippen LogP contribution is -2.16. The number of ketones is 1. The van der Waals surface area contributed by atoms with Crippen LogP contribution in [0.4, 0.5) is 0 Å². The van der Waals surface area contributed by atoms with Crippen molar-refractivity contribution in [2.75, 3.05) is 13.7 Å². The molecule has 0 bridgehead atoms. The van der Waals surface area contributed by atoms with Crippen LogP contribution in [0.1, 0.15) is 41.4 Å². The predicted octanol–water partition coefficient (Wildman–Crippen LogP) is 3.72.